The molecule has 2 rings (SSSR count). The summed E-state index contributed by atoms with van der Waals surface area (Å²) in [4.78, 5) is 8.70. The van der Waals surface area contributed by atoms with Crippen LogP contribution in [-0.2, 0) is 0 Å². The molecule has 12 heavy (non-hydrogen) atoms. The van der Waals surface area contributed by atoms with E-state index in [1.165, 1.54) is 0 Å². The summed E-state index contributed by atoms with van der Waals surface area (Å²) >= 11 is 0. The molecule has 0 aliphatic rings. The van der Waals surface area contributed by atoms with E-state index >= 15 is 0 Å². The Morgan fingerprint density at radius 2 is 1.83 bits per heavy atom. The van der Waals surface area contributed by atoms with Crippen molar-refractivity contribution in [3.05, 3.63) is 29.5 Å². The molecule has 0 aliphatic heterocycles. The van der Waals surface area contributed by atoms with Crippen molar-refractivity contribution in [2.75, 3.05) is 0 Å². The lowest BCUT2D eigenvalue weighted by molar-refractivity contribution is 0.960. The third-order valence-electron chi connectivity index (χ3n) is 1.88. The van der Waals surface area contributed by atoms with Crippen molar-refractivity contribution in [3.8, 4) is 0 Å². The van der Waals surface area contributed by atoms with E-state index < -0.39 is 0 Å². The highest BCUT2D eigenvalue weighted by Gasteiger charge is 2.01. The zero-order chi connectivity index (χ0) is 8.72. The van der Waals surface area contributed by atoms with Gasteiger partial charge in [-0.25, -0.2) is 9.97 Å². The van der Waals surface area contributed by atoms with Crippen LogP contribution >= 0.6 is 0 Å². The van der Waals surface area contributed by atoms with Gasteiger partial charge in [-0.2, -0.15) is 0 Å². The standard InChI is InChI=1S/C9H11N3/c1-6-4-9-11-7(2)5-12(9)8(3)10-6/h4-5H,1-3H3. The van der Waals surface area contributed by atoms with Crippen LogP contribution in [0.5, 0.6) is 0 Å². The van der Waals surface area contributed by atoms with Crippen LogP contribution in [0.2, 0.25) is 0 Å². The maximum atomic E-state index is 4.36. The van der Waals surface area contributed by atoms with Crippen molar-refractivity contribution < 1.29 is 0 Å². The van der Waals surface area contributed by atoms with E-state index in [1.54, 1.807) is 0 Å². The van der Waals surface area contributed by atoms with Crippen molar-refractivity contribution in [1.82, 2.24) is 14.4 Å². The molecule has 0 fully saturated rings. The molecule has 62 valence electrons. The molecule has 0 aromatic carbocycles. The molecule has 0 saturated carbocycles. The molecule has 3 heteroatoms. The fourth-order valence-electron chi connectivity index (χ4n) is 1.41. The highest BCUT2D eigenvalue weighted by Crippen LogP contribution is 2.07. The van der Waals surface area contributed by atoms with E-state index in [0.29, 0.717) is 0 Å². The maximum Gasteiger partial charge on any atom is 0.140 e. The molecule has 0 N–H and O–H groups in total. The van der Waals surface area contributed by atoms with Crippen LogP contribution in [0.25, 0.3) is 5.65 Å². The van der Waals surface area contributed by atoms with Gasteiger partial charge >= 0.3 is 0 Å². The number of aryl methyl sites for hydroxylation is 3. The molecule has 0 radical (unpaired) electrons. The van der Waals surface area contributed by atoms with Crippen LogP contribution in [-0.4, -0.2) is 14.4 Å². The fraction of sp³-hybridized carbons (Fsp3) is 0.333. The Balaban J connectivity index is 2.88. The summed E-state index contributed by atoms with van der Waals surface area (Å²) in [6.45, 7) is 5.96. The summed E-state index contributed by atoms with van der Waals surface area (Å²) in [6, 6.07) is 1.99. The number of nitrogens with zero attached hydrogens (tertiary/aromatic N) is 3. The molecule has 0 atom stereocenters. The van der Waals surface area contributed by atoms with E-state index in [0.717, 1.165) is 22.9 Å². The lowest BCUT2D eigenvalue weighted by Gasteiger charge is -1.98. The van der Waals surface area contributed by atoms with Crippen LogP contribution in [0.3, 0.4) is 0 Å². The summed E-state index contributed by atoms with van der Waals surface area (Å²) in [5.74, 6) is 0.991. The van der Waals surface area contributed by atoms with E-state index in [9.17, 15) is 0 Å². The number of aromatic nitrogens is 3. The zero-order valence-electron chi connectivity index (χ0n) is 7.50. The minimum Gasteiger partial charge on any atom is -0.288 e. The SMILES string of the molecule is Cc1cc2nc(C)cn2c(C)n1. The van der Waals surface area contributed by atoms with E-state index in [2.05, 4.69) is 9.97 Å². The number of hydrogen-bond donors (Lipinski definition) is 0. The third-order valence-corrected chi connectivity index (χ3v) is 1.88. The van der Waals surface area contributed by atoms with Gasteiger partial charge in [-0.05, 0) is 20.8 Å². The van der Waals surface area contributed by atoms with Gasteiger partial charge in [0.25, 0.3) is 0 Å². The smallest absolute Gasteiger partial charge is 0.140 e. The average Bonchev–Trinajstić information content (AvgIpc) is 2.29. The normalized spacial score (nSPS) is 10.9. The van der Waals surface area contributed by atoms with Crippen molar-refractivity contribution >= 4 is 5.65 Å². The van der Waals surface area contributed by atoms with Gasteiger partial charge < -0.3 is 0 Å². The first kappa shape index (κ1) is 7.28. The minimum absolute atomic E-state index is 0.984. The fourth-order valence-corrected chi connectivity index (χ4v) is 1.41. The predicted molar refractivity (Wildman–Crippen MR) is 47.2 cm³/mol. The van der Waals surface area contributed by atoms with E-state index in [1.807, 2.05) is 37.4 Å². The third kappa shape index (κ3) is 0.978. The highest BCUT2D eigenvalue weighted by atomic mass is 15.1. The van der Waals surface area contributed by atoms with Gasteiger partial charge in [-0.3, -0.25) is 4.40 Å². The summed E-state index contributed by atoms with van der Waals surface area (Å²) in [5, 5.41) is 0. The van der Waals surface area contributed by atoms with Gasteiger partial charge in [-0.1, -0.05) is 0 Å². The summed E-state index contributed by atoms with van der Waals surface area (Å²) in [6.07, 6.45) is 2.00. The Bertz CT molecular complexity index is 429. The first-order chi connectivity index (χ1) is 5.66. The average molecular weight is 161 g/mol. The molecule has 2 heterocycles. The molecule has 0 saturated heterocycles. The van der Waals surface area contributed by atoms with E-state index in [-0.39, 0.29) is 0 Å². The predicted octanol–water partition coefficient (Wildman–Crippen LogP) is 1.65. The highest BCUT2D eigenvalue weighted by molar-refractivity contribution is 5.41. The Labute approximate surface area is 71.1 Å². The second-order valence-electron chi connectivity index (χ2n) is 3.06. The number of imidazole rings is 1. The van der Waals surface area contributed by atoms with Gasteiger partial charge in [0.2, 0.25) is 0 Å². The lowest BCUT2D eigenvalue weighted by Crippen LogP contribution is -1.95. The lowest BCUT2D eigenvalue weighted by atomic mass is 10.4. The van der Waals surface area contributed by atoms with Gasteiger partial charge in [0.05, 0.1) is 5.69 Å². The quantitative estimate of drug-likeness (QED) is 0.588. The maximum absolute atomic E-state index is 4.36. The van der Waals surface area contributed by atoms with Crippen LogP contribution in [0, 0.1) is 20.8 Å². The second kappa shape index (κ2) is 2.30. The molecule has 0 spiro atoms. The molecular formula is C9H11N3. The Hall–Kier alpha value is -1.38. The number of fused-ring (bicyclic) bond motifs is 1. The summed E-state index contributed by atoms with van der Waals surface area (Å²) < 4.78 is 2.00. The molecule has 2 aromatic heterocycles. The van der Waals surface area contributed by atoms with Gasteiger partial charge in [0.1, 0.15) is 11.5 Å². The number of hydrogen-bond acceptors (Lipinski definition) is 2. The molecule has 0 unspecified atom stereocenters. The van der Waals surface area contributed by atoms with Crippen molar-refractivity contribution in [2.24, 2.45) is 0 Å². The first-order valence-corrected chi connectivity index (χ1v) is 3.97. The van der Waals surface area contributed by atoms with Gasteiger partial charge in [0, 0.05) is 18.0 Å². The molecule has 3 nitrogen and oxygen atoms in total. The molecule has 0 bridgehead atoms. The number of rotatable bonds is 0. The monoisotopic (exact) mass is 161 g/mol. The molecule has 0 aliphatic carbocycles. The molecule has 0 amide bonds. The van der Waals surface area contributed by atoms with Crippen LogP contribution in [0.4, 0.5) is 0 Å². The van der Waals surface area contributed by atoms with Crippen LogP contribution in [0.15, 0.2) is 12.3 Å². The van der Waals surface area contributed by atoms with Crippen molar-refractivity contribution in [1.29, 1.82) is 0 Å². The van der Waals surface area contributed by atoms with Gasteiger partial charge in [-0.15, -0.1) is 0 Å². The summed E-state index contributed by atoms with van der Waals surface area (Å²) in [5.41, 5.74) is 3.04. The van der Waals surface area contributed by atoms with Crippen LogP contribution < -0.4 is 0 Å². The topological polar surface area (TPSA) is 30.2 Å². The minimum atomic E-state index is 0.984. The van der Waals surface area contributed by atoms with Crippen LogP contribution in [0.1, 0.15) is 17.2 Å². The largest absolute Gasteiger partial charge is 0.288 e. The van der Waals surface area contributed by atoms with Gasteiger partial charge in [0.15, 0.2) is 0 Å². The van der Waals surface area contributed by atoms with Crippen molar-refractivity contribution in [3.63, 3.8) is 0 Å². The Kier molecular flexibility index (Phi) is 1.40. The second-order valence-corrected chi connectivity index (χ2v) is 3.06. The summed E-state index contributed by atoms with van der Waals surface area (Å²) in [7, 11) is 0. The molecule has 2 aromatic rings. The molecular weight excluding hydrogens is 150 g/mol. The Morgan fingerprint density at radius 3 is 2.58 bits per heavy atom. The Morgan fingerprint density at radius 1 is 1.08 bits per heavy atom. The van der Waals surface area contributed by atoms with Crippen molar-refractivity contribution in [2.45, 2.75) is 20.8 Å². The van der Waals surface area contributed by atoms with E-state index in [4.69, 9.17) is 0 Å². The zero-order valence-corrected chi connectivity index (χ0v) is 7.50. The first-order valence-electron chi connectivity index (χ1n) is 3.97.